The van der Waals surface area contributed by atoms with Gasteiger partial charge < -0.3 is 14.9 Å². The van der Waals surface area contributed by atoms with Crippen LogP contribution >= 0.6 is 11.6 Å². The van der Waals surface area contributed by atoms with E-state index in [1.54, 1.807) is 24.3 Å². The van der Waals surface area contributed by atoms with Crippen LogP contribution in [0, 0.1) is 5.41 Å². The number of benzene rings is 1. The largest absolute Gasteiger partial charge is 0.390 e. The molecule has 2 unspecified atom stereocenters. The Morgan fingerprint density at radius 2 is 1.80 bits per heavy atom. The van der Waals surface area contributed by atoms with Crippen LogP contribution in [0.4, 0.5) is 0 Å². The lowest BCUT2D eigenvalue weighted by molar-refractivity contribution is -0.00773. The first-order chi connectivity index (χ1) is 9.31. The SMILES string of the molecule is CC(C)(C)CCOCCC(O)C(O)c1ccccc1Cl. The molecule has 1 aromatic rings. The molecule has 20 heavy (non-hydrogen) atoms. The monoisotopic (exact) mass is 300 g/mol. The smallest absolute Gasteiger partial charge is 0.106 e. The van der Waals surface area contributed by atoms with Crippen molar-refractivity contribution < 1.29 is 14.9 Å². The van der Waals surface area contributed by atoms with Crippen LogP contribution in [0.25, 0.3) is 0 Å². The van der Waals surface area contributed by atoms with Crippen molar-refractivity contribution in [2.75, 3.05) is 13.2 Å². The zero-order valence-corrected chi connectivity index (χ0v) is 13.2. The van der Waals surface area contributed by atoms with Gasteiger partial charge in [-0.3, -0.25) is 0 Å². The second-order valence-electron chi connectivity index (χ2n) is 6.25. The van der Waals surface area contributed by atoms with Gasteiger partial charge in [0.1, 0.15) is 6.10 Å². The minimum absolute atomic E-state index is 0.246. The van der Waals surface area contributed by atoms with Gasteiger partial charge in [-0.25, -0.2) is 0 Å². The van der Waals surface area contributed by atoms with Gasteiger partial charge in [0.05, 0.1) is 6.10 Å². The van der Waals surface area contributed by atoms with Gasteiger partial charge in [-0.05, 0) is 24.3 Å². The Balaban J connectivity index is 2.32. The third-order valence-corrected chi connectivity index (χ3v) is 3.49. The average molecular weight is 301 g/mol. The van der Waals surface area contributed by atoms with Gasteiger partial charge in [-0.2, -0.15) is 0 Å². The van der Waals surface area contributed by atoms with Crippen molar-refractivity contribution >= 4 is 11.6 Å². The van der Waals surface area contributed by atoms with Crippen molar-refractivity contribution in [2.24, 2.45) is 5.41 Å². The van der Waals surface area contributed by atoms with E-state index in [4.69, 9.17) is 16.3 Å². The molecule has 114 valence electrons. The molecule has 2 N–H and O–H groups in total. The van der Waals surface area contributed by atoms with Crippen LogP contribution in [0.3, 0.4) is 0 Å². The number of rotatable bonds is 7. The maximum absolute atomic E-state index is 10.1. The van der Waals surface area contributed by atoms with Crippen LogP contribution in [-0.4, -0.2) is 29.5 Å². The van der Waals surface area contributed by atoms with Crippen LogP contribution in [0.5, 0.6) is 0 Å². The van der Waals surface area contributed by atoms with Gasteiger partial charge in [0.2, 0.25) is 0 Å². The van der Waals surface area contributed by atoms with Crippen molar-refractivity contribution in [3.63, 3.8) is 0 Å². The van der Waals surface area contributed by atoms with Crippen LogP contribution in [0.2, 0.25) is 5.02 Å². The second kappa shape index (κ2) is 7.99. The van der Waals surface area contributed by atoms with Gasteiger partial charge in [0.15, 0.2) is 0 Å². The third-order valence-electron chi connectivity index (χ3n) is 3.14. The van der Waals surface area contributed by atoms with E-state index < -0.39 is 12.2 Å². The highest BCUT2D eigenvalue weighted by atomic mass is 35.5. The minimum Gasteiger partial charge on any atom is -0.390 e. The number of aliphatic hydroxyl groups excluding tert-OH is 2. The van der Waals surface area contributed by atoms with Gasteiger partial charge in [-0.1, -0.05) is 50.6 Å². The molecular formula is C16H25ClO3. The second-order valence-corrected chi connectivity index (χ2v) is 6.65. The number of hydrogen-bond acceptors (Lipinski definition) is 3. The summed E-state index contributed by atoms with van der Waals surface area (Å²) >= 11 is 5.99. The van der Waals surface area contributed by atoms with Gasteiger partial charge in [0.25, 0.3) is 0 Å². The average Bonchev–Trinajstić information content (AvgIpc) is 2.36. The first-order valence-electron chi connectivity index (χ1n) is 6.99. The molecule has 0 aliphatic carbocycles. The van der Waals surface area contributed by atoms with Crippen molar-refractivity contribution in [2.45, 2.75) is 45.8 Å². The van der Waals surface area contributed by atoms with Gasteiger partial charge in [0, 0.05) is 23.8 Å². The summed E-state index contributed by atoms with van der Waals surface area (Å²) in [5.74, 6) is 0. The molecule has 1 aromatic carbocycles. The highest BCUT2D eigenvalue weighted by molar-refractivity contribution is 6.31. The Kier molecular flexibility index (Phi) is 6.96. The summed E-state index contributed by atoms with van der Waals surface area (Å²) in [7, 11) is 0. The third kappa shape index (κ3) is 6.23. The predicted molar refractivity (Wildman–Crippen MR) is 81.9 cm³/mol. The van der Waals surface area contributed by atoms with Crippen molar-refractivity contribution in [3.05, 3.63) is 34.9 Å². The maximum atomic E-state index is 10.1. The Labute approximate surface area is 126 Å². The molecule has 0 heterocycles. The molecule has 2 atom stereocenters. The van der Waals surface area contributed by atoms with Crippen molar-refractivity contribution in [3.8, 4) is 0 Å². The Hall–Kier alpha value is -0.610. The number of ether oxygens (including phenoxy) is 1. The molecule has 0 spiro atoms. The Bertz CT molecular complexity index is 401. The molecule has 4 heteroatoms. The van der Waals surface area contributed by atoms with Gasteiger partial charge in [-0.15, -0.1) is 0 Å². The van der Waals surface area contributed by atoms with Crippen molar-refractivity contribution in [1.82, 2.24) is 0 Å². The molecule has 0 aromatic heterocycles. The van der Waals surface area contributed by atoms with E-state index in [1.165, 1.54) is 0 Å². The molecular weight excluding hydrogens is 276 g/mol. The lowest BCUT2D eigenvalue weighted by Gasteiger charge is -2.20. The van der Waals surface area contributed by atoms with Crippen molar-refractivity contribution in [1.29, 1.82) is 0 Å². The van der Waals surface area contributed by atoms with Crippen LogP contribution in [0.15, 0.2) is 24.3 Å². The highest BCUT2D eigenvalue weighted by Crippen LogP contribution is 2.26. The number of halogens is 1. The summed E-state index contributed by atoms with van der Waals surface area (Å²) in [6.45, 7) is 7.57. The highest BCUT2D eigenvalue weighted by Gasteiger charge is 2.20. The normalized spacial score (nSPS) is 15.1. The Morgan fingerprint density at radius 1 is 1.15 bits per heavy atom. The van der Waals surface area contributed by atoms with E-state index in [0.29, 0.717) is 30.2 Å². The summed E-state index contributed by atoms with van der Waals surface area (Å²) < 4.78 is 5.49. The molecule has 0 fully saturated rings. The molecule has 0 saturated heterocycles. The summed E-state index contributed by atoms with van der Waals surface area (Å²) in [4.78, 5) is 0. The molecule has 0 aliphatic heterocycles. The van der Waals surface area contributed by atoms with Crippen LogP contribution in [0.1, 0.15) is 45.3 Å². The molecule has 0 amide bonds. The maximum Gasteiger partial charge on any atom is 0.106 e. The van der Waals surface area contributed by atoms with Crippen LogP contribution in [-0.2, 0) is 4.74 Å². The quantitative estimate of drug-likeness (QED) is 0.757. The molecule has 0 aliphatic rings. The van der Waals surface area contributed by atoms with E-state index in [2.05, 4.69) is 20.8 Å². The summed E-state index contributed by atoms with van der Waals surface area (Å²) in [6, 6.07) is 7.00. The first kappa shape index (κ1) is 17.4. The fraction of sp³-hybridized carbons (Fsp3) is 0.625. The van der Waals surface area contributed by atoms with E-state index in [0.717, 1.165) is 6.42 Å². The summed E-state index contributed by atoms with van der Waals surface area (Å²) in [5, 5.41) is 20.5. The zero-order chi connectivity index (χ0) is 15.2. The summed E-state index contributed by atoms with van der Waals surface area (Å²) in [5.41, 5.74) is 0.798. The minimum atomic E-state index is -0.977. The lowest BCUT2D eigenvalue weighted by Crippen LogP contribution is -2.21. The Morgan fingerprint density at radius 3 is 2.40 bits per heavy atom. The standard InChI is InChI=1S/C16H25ClO3/c1-16(2,3)9-11-20-10-8-14(18)15(19)12-6-4-5-7-13(12)17/h4-7,14-15,18-19H,8-11H2,1-3H3. The van der Waals surface area contributed by atoms with Crippen LogP contribution < -0.4 is 0 Å². The number of hydrogen-bond donors (Lipinski definition) is 2. The predicted octanol–water partition coefficient (Wildman–Crippen LogP) is 3.58. The number of aliphatic hydroxyl groups is 2. The lowest BCUT2D eigenvalue weighted by atomic mass is 9.93. The fourth-order valence-corrected chi connectivity index (χ4v) is 2.01. The topological polar surface area (TPSA) is 49.7 Å². The van der Waals surface area contributed by atoms with E-state index >= 15 is 0 Å². The first-order valence-corrected chi connectivity index (χ1v) is 7.37. The summed E-state index contributed by atoms with van der Waals surface area (Å²) in [6.07, 6.45) is -0.494. The van der Waals surface area contributed by atoms with E-state index in [9.17, 15) is 10.2 Å². The molecule has 1 rings (SSSR count). The van der Waals surface area contributed by atoms with Gasteiger partial charge >= 0.3 is 0 Å². The zero-order valence-electron chi connectivity index (χ0n) is 12.5. The fourth-order valence-electron chi connectivity index (χ4n) is 1.76. The van der Waals surface area contributed by atoms with E-state index in [1.807, 2.05) is 0 Å². The molecule has 0 saturated carbocycles. The van der Waals surface area contributed by atoms with E-state index in [-0.39, 0.29) is 5.41 Å². The molecule has 0 radical (unpaired) electrons. The molecule has 0 bridgehead atoms. The molecule has 3 nitrogen and oxygen atoms in total.